The first-order valence-electron chi connectivity index (χ1n) is 7.79. The van der Waals surface area contributed by atoms with Gasteiger partial charge in [0.05, 0.1) is 0 Å². The van der Waals surface area contributed by atoms with Gasteiger partial charge in [0.15, 0.2) is 0 Å². The van der Waals surface area contributed by atoms with Crippen molar-refractivity contribution in [2.24, 2.45) is 5.92 Å². The van der Waals surface area contributed by atoms with Crippen LogP contribution < -0.4 is 4.90 Å². The lowest BCUT2D eigenvalue weighted by atomic mass is 9.95. The monoisotopic (exact) mass is 259 g/mol. The third-order valence-corrected chi connectivity index (χ3v) is 4.61. The van der Waals surface area contributed by atoms with Gasteiger partial charge < -0.3 is 9.80 Å². The van der Waals surface area contributed by atoms with Crippen molar-refractivity contribution in [1.29, 1.82) is 0 Å². The van der Waals surface area contributed by atoms with Crippen LogP contribution in [0.5, 0.6) is 0 Å². The summed E-state index contributed by atoms with van der Waals surface area (Å²) < 4.78 is 0. The van der Waals surface area contributed by atoms with Crippen molar-refractivity contribution in [2.75, 3.05) is 37.6 Å². The van der Waals surface area contributed by atoms with Gasteiger partial charge in [-0.25, -0.2) is 0 Å². The standard InChI is InChI=1S/C16H25N3/c1-2-10-18(11-3-1)14-15-6-12-19(13-7-15)16-4-8-17-9-5-16/h4-5,8-9,15H,1-3,6-7,10-14H2. The minimum atomic E-state index is 0.913. The summed E-state index contributed by atoms with van der Waals surface area (Å²) in [6, 6.07) is 4.26. The molecule has 0 spiro atoms. The molecule has 0 atom stereocenters. The number of anilines is 1. The summed E-state index contributed by atoms with van der Waals surface area (Å²) in [5, 5.41) is 0. The summed E-state index contributed by atoms with van der Waals surface area (Å²) in [7, 11) is 0. The van der Waals surface area contributed by atoms with E-state index in [9.17, 15) is 0 Å². The van der Waals surface area contributed by atoms with Crippen LogP contribution in [-0.2, 0) is 0 Å². The van der Waals surface area contributed by atoms with Gasteiger partial charge in [0.1, 0.15) is 0 Å². The topological polar surface area (TPSA) is 19.4 Å². The Bertz CT molecular complexity index is 365. The van der Waals surface area contributed by atoms with Gasteiger partial charge >= 0.3 is 0 Å². The Morgan fingerprint density at radius 1 is 0.947 bits per heavy atom. The summed E-state index contributed by atoms with van der Waals surface area (Å²) in [4.78, 5) is 9.30. The molecule has 0 N–H and O–H groups in total. The van der Waals surface area contributed by atoms with E-state index < -0.39 is 0 Å². The number of rotatable bonds is 3. The van der Waals surface area contributed by atoms with Crippen LogP contribution in [0.25, 0.3) is 0 Å². The number of hydrogen-bond donors (Lipinski definition) is 0. The van der Waals surface area contributed by atoms with E-state index in [0.717, 1.165) is 5.92 Å². The first kappa shape index (κ1) is 12.9. The molecular formula is C16H25N3. The second-order valence-electron chi connectivity index (χ2n) is 6.00. The molecule has 0 bridgehead atoms. The number of nitrogens with zero attached hydrogens (tertiary/aromatic N) is 3. The number of piperidine rings is 2. The minimum Gasteiger partial charge on any atom is -0.371 e. The van der Waals surface area contributed by atoms with Gasteiger partial charge in [0, 0.05) is 37.7 Å². The molecule has 1 aromatic heterocycles. The molecule has 0 aromatic carbocycles. The van der Waals surface area contributed by atoms with Gasteiger partial charge in [0.25, 0.3) is 0 Å². The predicted molar refractivity (Wildman–Crippen MR) is 79.5 cm³/mol. The zero-order valence-corrected chi connectivity index (χ0v) is 11.8. The normalized spacial score (nSPS) is 22.6. The maximum absolute atomic E-state index is 4.10. The highest BCUT2D eigenvalue weighted by Gasteiger charge is 2.22. The van der Waals surface area contributed by atoms with Crippen LogP contribution in [0.1, 0.15) is 32.1 Å². The molecule has 104 valence electrons. The van der Waals surface area contributed by atoms with E-state index >= 15 is 0 Å². The first-order chi connectivity index (χ1) is 9.42. The van der Waals surface area contributed by atoms with Crippen molar-refractivity contribution in [3.63, 3.8) is 0 Å². The molecule has 3 rings (SSSR count). The fourth-order valence-corrected chi connectivity index (χ4v) is 3.44. The summed E-state index contributed by atoms with van der Waals surface area (Å²) >= 11 is 0. The second-order valence-corrected chi connectivity index (χ2v) is 6.00. The highest BCUT2D eigenvalue weighted by Crippen LogP contribution is 2.24. The maximum atomic E-state index is 4.10. The molecule has 2 saturated heterocycles. The fraction of sp³-hybridized carbons (Fsp3) is 0.688. The van der Waals surface area contributed by atoms with Crippen LogP contribution >= 0.6 is 0 Å². The third-order valence-electron chi connectivity index (χ3n) is 4.61. The van der Waals surface area contributed by atoms with Crippen LogP contribution in [0.4, 0.5) is 5.69 Å². The predicted octanol–water partition coefficient (Wildman–Crippen LogP) is 2.78. The summed E-state index contributed by atoms with van der Waals surface area (Å²) in [5.74, 6) is 0.913. The lowest BCUT2D eigenvalue weighted by Crippen LogP contribution is -2.40. The lowest BCUT2D eigenvalue weighted by Gasteiger charge is -2.37. The summed E-state index contributed by atoms with van der Waals surface area (Å²) in [6.07, 6.45) is 10.8. The molecule has 3 nitrogen and oxygen atoms in total. The van der Waals surface area contributed by atoms with Crippen molar-refractivity contribution in [1.82, 2.24) is 9.88 Å². The highest BCUT2D eigenvalue weighted by atomic mass is 15.2. The first-order valence-corrected chi connectivity index (χ1v) is 7.79. The van der Waals surface area contributed by atoms with E-state index in [-0.39, 0.29) is 0 Å². The van der Waals surface area contributed by atoms with Crippen molar-refractivity contribution < 1.29 is 0 Å². The average Bonchev–Trinajstić information content (AvgIpc) is 2.50. The average molecular weight is 259 g/mol. The molecule has 2 aliphatic heterocycles. The van der Waals surface area contributed by atoms with Crippen LogP contribution in [0, 0.1) is 5.92 Å². The quantitative estimate of drug-likeness (QED) is 0.832. The SMILES string of the molecule is c1cc(N2CCC(CN3CCCCC3)CC2)ccn1. The molecular weight excluding hydrogens is 234 g/mol. The molecule has 3 heterocycles. The summed E-state index contributed by atoms with van der Waals surface area (Å²) in [6.45, 7) is 6.43. The van der Waals surface area contributed by atoms with Crippen LogP contribution in [0.15, 0.2) is 24.5 Å². The molecule has 3 heteroatoms. The lowest BCUT2D eigenvalue weighted by molar-refractivity contribution is 0.181. The largest absolute Gasteiger partial charge is 0.371 e. The van der Waals surface area contributed by atoms with Crippen LogP contribution in [0.2, 0.25) is 0 Å². The molecule has 1 aromatic rings. The van der Waals surface area contributed by atoms with Gasteiger partial charge in [-0.3, -0.25) is 4.98 Å². The third kappa shape index (κ3) is 3.47. The van der Waals surface area contributed by atoms with Crippen molar-refractivity contribution >= 4 is 5.69 Å². The van der Waals surface area contributed by atoms with Gasteiger partial charge in [-0.15, -0.1) is 0 Å². The Morgan fingerprint density at radius 3 is 2.32 bits per heavy atom. The molecule has 0 amide bonds. The molecule has 0 unspecified atom stereocenters. The van der Waals surface area contributed by atoms with Crippen LogP contribution in [0.3, 0.4) is 0 Å². The fourth-order valence-electron chi connectivity index (χ4n) is 3.44. The second kappa shape index (κ2) is 6.38. The van der Waals surface area contributed by atoms with E-state index in [1.54, 1.807) is 0 Å². The number of pyridine rings is 1. The van der Waals surface area contributed by atoms with Gasteiger partial charge in [0.2, 0.25) is 0 Å². The molecule has 2 aliphatic rings. The molecule has 0 aliphatic carbocycles. The maximum Gasteiger partial charge on any atom is 0.0397 e. The van der Waals surface area contributed by atoms with Gasteiger partial charge in [-0.2, -0.15) is 0 Å². The zero-order valence-electron chi connectivity index (χ0n) is 11.8. The van der Waals surface area contributed by atoms with E-state index in [2.05, 4.69) is 26.9 Å². The molecule has 0 radical (unpaired) electrons. The highest BCUT2D eigenvalue weighted by molar-refractivity contribution is 5.44. The Labute approximate surface area is 116 Å². The Kier molecular flexibility index (Phi) is 4.34. The van der Waals surface area contributed by atoms with Crippen molar-refractivity contribution in [3.05, 3.63) is 24.5 Å². The Morgan fingerprint density at radius 2 is 1.63 bits per heavy atom. The van der Waals surface area contributed by atoms with Crippen LogP contribution in [-0.4, -0.2) is 42.6 Å². The number of aromatic nitrogens is 1. The molecule has 2 fully saturated rings. The van der Waals surface area contributed by atoms with Crippen molar-refractivity contribution in [2.45, 2.75) is 32.1 Å². The van der Waals surface area contributed by atoms with E-state index in [1.807, 2.05) is 12.4 Å². The van der Waals surface area contributed by atoms with Gasteiger partial charge in [-0.1, -0.05) is 6.42 Å². The van der Waals surface area contributed by atoms with Crippen molar-refractivity contribution in [3.8, 4) is 0 Å². The number of hydrogen-bond acceptors (Lipinski definition) is 3. The molecule has 19 heavy (non-hydrogen) atoms. The summed E-state index contributed by atoms with van der Waals surface area (Å²) in [5.41, 5.74) is 1.34. The number of likely N-dealkylation sites (tertiary alicyclic amines) is 1. The smallest absolute Gasteiger partial charge is 0.0397 e. The van der Waals surface area contributed by atoms with E-state index in [4.69, 9.17) is 0 Å². The van der Waals surface area contributed by atoms with E-state index in [1.165, 1.54) is 70.5 Å². The Hall–Kier alpha value is -1.09. The molecule has 0 saturated carbocycles. The zero-order chi connectivity index (χ0) is 12.9. The van der Waals surface area contributed by atoms with E-state index in [0.29, 0.717) is 0 Å². The minimum absolute atomic E-state index is 0.913. The van der Waals surface area contributed by atoms with Gasteiger partial charge in [-0.05, 0) is 56.8 Å². The Balaban J connectivity index is 1.46.